The van der Waals surface area contributed by atoms with Crippen molar-refractivity contribution in [1.82, 2.24) is 14.8 Å². The molecule has 0 saturated carbocycles. The summed E-state index contributed by atoms with van der Waals surface area (Å²) >= 11 is 3.25. The molecule has 1 amide bonds. The van der Waals surface area contributed by atoms with E-state index < -0.39 is 17.9 Å². The highest BCUT2D eigenvalue weighted by Crippen LogP contribution is 2.12. The average Bonchev–Trinajstić information content (AvgIpc) is 2.90. The van der Waals surface area contributed by atoms with E-state index in [0.29, 0.717) is 5.82 Å². The van der Waals surface area contributed by atoms with Crippen molar-refractivity contribution >= 4 is 33.6 Å². The molecule has 2 aromatic rings. The Hall–Kier alpha value is -2.22. The summed E-state index contributed by atoms with van der Waals surface area (Å²) in [5.74, 6) is -1.02. The molecule has 0 saturated heterocycles. The Morgan fingerprint density at radius 2 is 2.15 bits per heavy atom. The van der Waals surface area contributed by atoms with Crippen LogP contribution in [0.3, 0.4) is 0 Å². The lowest BCUT2D eigenvalue weighted by molar-refractivity contribution is -0.140. The number of nitrogens with zero attached hydrogens (tertiary/aromatic N) is 3. The van der Waals surface area contributed by atoms with Gasteiger partial charge in [0.1, 0.15) is 11.9 Å². The number of halogens is 1. The van der Waals surface area contributed by atoms with Gasteiger partial charge in [-0.25, -0.2) is 9.78 Å². The molecule has 0 aromatic carbocycles. The Labute approximate surface area is 122 Å². The molecule has 1 atom stereocenters. The lowest BCUT2D eigenvalue weighted by atomic mass is 10.3. The molecule has 8 heteroatoms. The molecule has 0 spiro atoms. The molecule has 0 aliphatic heterocycles. The Bertz CT molecular complexity index is 638. The number of aromatic nitrogens is 3. The first kappa shape index (κ1) is 14.2. The van der Waals surface area contributed by atoms with Crippen LogP contribution in [0, 0.1) is 0 Å². The van der Waals surface area contributed by atoms with Crippen LogP contribution in [0.1, 0.15) is 23.3 Å². The first-order valence-corrected chi connectivity index (χ1v) is 6.46. The Balaban J connectivity index is 2.10. The number of rotatable bonds is 4. The van der Waals surface area contributed by atoms with E-state index in [-0.39, 0.29) is 5.56 Å². The van der Waals surface area contributed by atoms with Crippen molar-refractivity contribution in [3.8, 4) is 0 Å². The minimum Gasteiger partial charge on any atom is -0.480 e. The molecule has 0 aliphatic carbocycles. The minimum absolute atomic E-state index is 0.266. The molecule has 2 rings (SSSR count). The summed E-state index contributed by atoms with van der Waals surface area (Å²) in [7, 11) is 0. The molecule has 20 heavy (non-hydrogen) atoms. The van der Waals surface area contributed by atoms with Crippen LogP contribution in [0.25, 0.3) is 0 Å². The zero-order valence-corrected chi connectivity index (χ0v) is 12.0. The maximum Gasteiger partial charge on any atom is 0.328 e. The third-order valence-corrected chi connectivity index (χ3v) is 3.06. The van der Waals surface area contributed by atoms with E-state index in [9.17, 15) is 9.59 Å². The summed E-state index contributed by atoms with van der Waals surface area (Å²) in [6, 6.07) is 2.56. The maximum absolute atomic E-state index is 11.9. The number of nitrogens with one attached hydrogen (secondary N) is 1. The molecule has 7 nitrogen and oxygen atoms in total. The SMILES string of the molecule is CC(C(=O)O)n1cc(C(=O)Nc2ccc(Br)cn2)cn1. The highest BCUT2D eigenvalue weighted by molar-refractivity contribution is 9.10. The third-order valence-electron chi connectivity index (χ3n) is 2.59. The summed E-state index contributed by atoms with van der Waals surface area (Å²) in [6.07, 6.45) is 4.26. The summed E-state index contributed by atoms with van der Waals surface area (Å²) in [6.45, 7) is 1.48. The van der Waals surface area contributed by atoms with E-state index in [1.54, 1.807) is 18.3 Å². The van der Waals surface area contributed by atoms with Gasteiger partial charge in [0.2, 0.25) is 0 Å². The number of amides is 1. The second-order valence-electron chi connectivity index (χ2n) is 4.04. The van der Waals surface area contributed by atoms with Gasteiger partial charge in [-0.15, -0.1) is 0 Å². The third kappa shape index (κ3) is 3.21. The van der Waals surface area contributed by atoms with Crippen LogP contribution in [0.4, 0.5) is 5.82 Å². The first-order chi connectivity index (χ1) is 9.47. The van der Waals surface area contributed by atoms with Gasteiger partial charge in [0, 0.05) is 16.9 Å². The van der Waals surface area contributed by atoms with E-state index in [2.05, 4.69) is 31.3 Å². The minimum atomic E-state index is -1.02. The number of carboxylic acid groups (broad SMARTS) is 1. The second kappa shape index (κ2) is 5.83. The van der Waals surface area contributed by atoms with Gasteiger partial charge in [-0.2, -0.15) is 5.10 Å². The van der Waals surface area contributed by atoms with E-state index in [1.165, 1.54) is 24.0 Å². The molecule has 2 heterocycles. The van der Waals surface area contributed by atoms with E-state index in [1.807, 2.05) is 0 Å². The fourth-order valence-electron chi connectivity index (χ4n) is 1.42. The monoisotopic (exact) mass is 338 g/mol. The summed E-state index contributed by atoms with van der Waals surface area (Å²) < 4.78 is 2.02. The molecule has 2 aromatic heterocycles. The van der Waals surface area contributed by atoms with Crippen molar-refractivity contribution in [2.75, 3.05) is 5.32 Å². The first-order valence-electron chi connectivity index (χ1n) is 5.67. The number of carbonyl (C=O) groups is 2. The van der Waals surface area contributed by atoms with Gasteiger partial charge in [-0.05, 0) is 35.0 Å². The van der Waals surface area contributed by atoms with Crippen LogP contribution in [0.15, 0.2) is 35.2 Å². The van der Waals surface area contributed by atoms with Crippen LogP contribution in [-0.4, -0.2) is 31.7 Å². The Morgan fingerprint density at radius 3 is 2.75 bits per heavy atom. The van der Waals surface area contributed by atoms with Crippen molar-refractivity contribution in [1.29, 1.82) is 0 Å². The van der Waals surface area contributed by atoms with Crippen LogP contribution in [0.2, 0.25) is 0 Å². The summed E-state index contributed by atoms with van der Waals surface area (Å²) in [5.41, 5.74) is 0.266. The average molecular weight is 339 g/mol. The highest BCUT2D eigenvalue weighted by atomic mass is 79.9. The standard InChI is InChI=1S/C12H11BrN4O3/c1-7(12(19)20)17-6-8(4-15-17)11(18)16-10-3-2-9(13)5-14-10/h2-7H,1H3,(H,19,20)(H,14,16,18). The molecule has 0 aliphatic rings. The number of hydrogen-bond donors (Lipinski definition) is 2. The van der Waals surface area contributed by atoms with Gasteiger partial charge in [0.25, 0.3) is 5.91 Å². The second-order valence-corrected chi connectivity index (χ2v) is 4.95. The predicted octanol–water partition coefficient (Wildman–Crippen LogP) is 1.94. The van der Waals surface area contributed by atoms with Crippen molar-refractivity contribution in [2.45, 2.75) is 13.0 Å². The van der Waals surface area contributed by atoms with Crippen LogP contribution >= 0.6 is 15.9 Å². The van der Waals surface area contributed by atoms with Crippen LogP contribution < -0.4 is 5.32 Å². The van der Waals surface area contributed by atoms with Gasteiger partial charge in [-0.1, -0.05) is 0 Å². The van der Waals surface area contributed by atoms with Crippen molar-refractivity contribution in [2.24, 2.45) is 0 Å². The van der Waals surface area contributed by atoms with E-state index in [0.717, 1.165) is 4.47 Å². The maximum atomic E-state index is 11.9. The molecular weight excluding hydrogens is 328 g/mol. The molecule has 104 valence electrons. The molecule has 2 N–H and O–H groups in total. The Kier molecular flexibility index (Phi) is 4.14. The van der Waals surface area contributed by atoms with Gasteiger partial charge in [0.15, 0.2) is 0 Å². The molecule has 0 radical (unpaired) electrons. The fraction of sp³-hybridized carbons (Fsp3) is 0.167. The fourth-order valence-corrected chi connectivity index (χ4v) is 1.65. The number of anilines is 1. The number of carbonyl (C=O) groups excluding carboxylic acids is 1. The molecule has 1 unspecified atom stereocenters. The van der Waals surface area contributed by atoms with Gasteiger partial charge >= 0.3 is 5.97 Å². The zero-order valence-electron chi connectivity index (χ0n) is 10.4. The normalized spacial score (nSPS) is 11.9. The summed E-state index contributed by atoms with van der Waals surface area (Å²) in [4.78, 5) is 26.8. The van der Waals surface area contributed by atoms with Gasteiger partial charge in [-0.3, -0.25) is 9.48 Å². The molecule has 0 bridgehead atoms. The van der Waals surface area contributed by atoms with Crippen LogP contribution in [0.5, 0.6) is 0 Å². The topological polar surface area (TPSA) is 97.1 Å². The number of carboxylic acids is 1. The molecular formula is C12H11BrN4O3. The number of pyridine rings is 1. The number of aliphatic carboxylic acids is 1. The predicted molar refractivity (Wildman–Crippen MR) is 74.5 cm³/mol. The smallest absolute Gasteiger partial charge is 0.328 e. The van der Waals surface area contributed by atoms with Crippen molar-refractivity contribution in [3.05, 3.63) is 40.8 Å². The quantitative estimate of drug-likeness (QED) is 0.887. The highest BCUT2D eigenvalue weighted by Gasteiger charge is 2.16. The van der Waals surface area contributed by atoms with Crippen molar-refractivity contribution in [3.63, 3.8) is 0 Å². The Morgan fingerprint density at radius 1 is 1.40 bits per heavy atom. The zero-order chi connectivity index (χ0) is 14.7. The van der Waals surface area contributed by atoms with Gasteiger partial charge in [0.05, 0.1) is 11.8 Å². The van der Waals surface area contributed by atoms with E-state index in [4.69, 9.17) is 5.11 Å². The van der Waals surface area contributed by atoms with Crippen molar-refractivity contribution < 1.29 is 14.7 Å². The van der Waals surface area contributed by atoms with Crippen LogP contribution in [-0.2, 0) is 4.79 Å². The largest absolute Gasteiger partial charge is 0.480 e. The van der Waals surface area contributed by atoms with Gasteiger partial charge < -0.3 is 10.4 Å². The molecule has 0 fully saturated rings. The lowest BCUT2D eigenvalue weighted by Gasteiger charge is -2.05. The number of hydrogen-bond acceptors (Lipinski definition) is 4. The lowest BCUT2D eigenvalue weighted by Crippen LogP contribution is -2.16. The van der Waals surface area contributed by atoms with E-state index >= 15 is 0 Å². The summed E-state index contributed by atoms with van der Waals surface area (Å²) in [5, 5.41) is 15.3.